The molecule has 0 saturated carbocycles. The van der Waals surface area contributed by atoms with Crippen LogP contribution in [0.15, 0.2) is 72.4 Å². The molecule has 0 N–H and O–H groups in total. The maximum Gasteiger partial charge on any atom is 0.269 e. The minimum Gasteiger partial charge on any atom is -0.298 e. The lowest BCUT2D eigenvalue weighted by molar-refractivity contribution is -0.384. The Morgan fingerprint density at radius 3 is 2.50 bits per heavy atom. The van der Waals surface area contributed by atoms with Crippen LogP contribution < -0.4 is 0 Å². The van der Waals surface area contributed by atoms with E-state index in [4.69, 9.17) is 0 Å². The molecular weight excluding hydrogens is 348 g/mol. The first kappa shape index (κ1) is 17.9. The summed E-state index contributed by atoms with van der Waals surface area (Å²) in [5.41, 5.74) is 2.04. The van der Waals surface area contributed by atoms with Crippen LogP contribution >= 0.6 is 11.8 Å². The molecule has 0 bridgehead atoms. The van der Waals surface area contributed by atoms with E-state index in [1.165, 1.54) is 17.7 Å². The van der Waals surface area contributed by atoms with Crippen LogP contribution in [0.5, 0.6) is 0 Å². The zero-order chi connectivity index (χ0) is 18.5. The second-order valence-corrected chi connectivity index (χ2v) is 6.99. The van der Waals surface area contributed by atoms with Crippen LogP contribution in [0, 0.1) is 10.1 Å². The molecule has 0 fully saturated rings. The van der Waals surface area contributed by atoms with Crippen LogP contribution in [0.1, 0.15) is 17.7 Å². The third-order valence-corrected chi connectivity index (χ3v) is 5.05. The molecule has 3 rings (SSSR count). The van der Waals surface area contributed by atoms with Gasteiger partial charge in [0.1, 0.15) is 0 Å². The fraction of sp³-hybridized carbons (Fsp3) is 0.158. The molecule has 0 aliphatic carbocycles. The summed E-state index contributed by atoms with van der Waals surface area (Å²) in [6.45, 7) is 6.49. The Hall–Kier alpha value is -2.93. The van der Waals surface area contributed by atoms with Crippen molar-refractivity contribution in [1.29, 1.82) is 0 Å². The lowest BCUT2D eigenvalue weighted by Gasteiger charge is -2.12. The van der Waals surface area contributed by atoms with Crippen molar-refractivity contribution < 1.29 is 4.92 Å². The normalized spacial score (nSPS) is 11.9. The zero-order valence-corrected chi connectivity index (χ0v) is 15.1. The molecule has 7 heteroatoms. The van der Waals surface area contributed by atoms with Crippen LogP contribution in [-0.4, -0.2) is 19.7 Å². The van der Waals surface area contributed by atoms with Gasteiger partial charge in [-0.3, -0.25) is 14.7 Å². The number of hydrogen-bond acceptors (Lipinski definition) is 5. The molecule has 6 nitrogen and oxygen atoms in total. The molecule has 0 amide bonds. The molecule has 132 valence electrons. The highest BCUT2D eigenvalue weighted by Gasteiger charge is 2.17. The minimum atomic E-state index is -0.416. The molecule has 0 aliphatic rings. The molecule has 1 aromatic heterocycles. The molecular formula is C19H18N4O2S. The first-order valence-electron chi connectivity index (χ1n) is 8.10. The molecule has 0 spiro atoms. The van der Waals surface area contributed by atoms with Crippen molar-refractivity contribution in [1.82, 2.24) is 14.8 Å². The number of rotatable bonds is 7. The van der Waals surface area contributed by atoms with Crippen LogP contribution in [0.4, 0.5) is 5.69 Å². The van der Waals surface area contributed by atoms with E-state index in [0.717, 1.165) is 10.7 Å². The standard InChI is InChI=1S/C19H18N4O2S/c1-3-13-22-18(16-9-11-17(12-10-16)23(24)25)20-21-19(22)26-14(2)15-7-5-4-6-8-15/h3-12,14H,1,13H2,2H3/t14-/m1/s1. The Morgan fingerprint density at radius 1 is 1.19 bits per heavy atom. The fourth-order valence-electron chi connectivity index (χ4n) is 2.57. The third kappa shape index (κ3) is 3.83. The van der Waals surface area contributed by atoms with Gasteiger partial charge in [-0.2, -0.15) is 0 Å². The summed E-state index contributed by atoms with van der Waals surface area (Å²) in [6, 6.07) is 16.5. The Bertz CT molecular complexity index is 907. The van der Waals surface area contributed by atoms with Crippen molar-refractivity contribution in [2.45, 2.75) is 23.9 Å². The highest BCUT2D eigenvalue weighted by Crippen LogP contribution is 2.35. The molecule has 1 atom stereocenters. The van der Waals surface area contributed by atoms with E-state index in [0.29, 0.717) is 12.4 Å². The van der Waals surface area contributed by atoms with Gasteiger partial charge < -0.3 is 0 Å². The number of benzene rings is 2. The SMILES string of the molecule is C=CCn1c(S[C@H](C)c2ccccc2)nnc1-c1ccc([N+](=O)[O-])cc1. The Balaban J connectivity index is 1.90. The molecule has 1 heterocycles. The van der Waals surface area contributed by atoms with Gasteiger partial charge in [0.2, 0.25) is 0 Å². The summed E-state index contributed by atoms with van der Waals surface area (Å²) in [6.07, 6.45) is 1.79. The van der Waals surface area contributed by atoms with E-state index in [9.17, 15) is 10.1 Å². The van der Waals surface area contributed by atoms with Gasteiger partial charge in [0.05, 0.1) is 4.92 Å². The smallest absolute Gasteiger partial charge is 0.269 e. The van der Waals surface area contributed by atoms with Gasteiger partial charge in [-0.15, -0.1) is 16.8 Å². The third-order valence-electron chi connectivity index (χ3n) is 3.92. The monoisotopic (exact) mass is 366 g/mol. The molecule has 0 saturated heterocycles. The van der Waals surface area contributed by atoms with Gasteiger partial charge in [-0.05, 0) is 24.6 Å². The van der Waals surface area contributed by atoms with Gasteiger partial charge in [0.15, 0.2) is 11.0 Å². The highest BCUT2D eigenvalue weighted by molar-refractivity contribution is 7.99. The van der Waals surface area contributed by atoms with E-state index in [1.807, 2.05) is 22.8 Å². The van der Waals surface area contributed by atoms with Crippen molar-refractivity contribution in [3.05, 3.63) is 82.9 Å². The Kier molecular flexibility index (Phi) is 5.48. The number of nitro groups is 1. The van der Waals surface area contributed by atoms with Crippen LogP contribution in [0.2, 0.25) is 0 Å². The average Bonchev–Trinajstić information content (AvgIpc) is 3.05. The largest absolute Gasteiger partial charge is 0.298 e. The number of non-ortho nitro benzene ring substituents is 1. The molecule has 2 aromatic carbocycles. The molecule has 0 radical (unpaired) electrons. The van der Waals surface area contributed by atoms with E-state index in [2.05, 4.69) is 35.8 Å². The molecule has 3 aromatic rings. The van der Waals surface area contributed by atoms with Crippen molar-refractivity contribution >= 4 is 17.4 Å². The van der Waals surface area contributed by atoms with Gasteiger partial charge in [0, 0.05) is 29.5 Å². The topological polar surface area (TPSA) is 73.8 Å². The minimum absolute atomic E-state index is 0.0517. The number of thioether (sulfide) groups is 1. The lowest BCUT2D eigenvalue weighted by atomic mass is 10.2. The summed E-state index contributed by atoms with van der Waals surface area (Å²) in [7, 11) is 0. The predicted molar refractivity (Wildman–Crippen MR) is 103 cm³/mol. The van der Waals surface area contributed by atoms with E-state index in [1.54, 1.807) is 30.0 Å². The molecule has 26 heavy (non-hydrogen) atoms. The predicted octanol–water partition coefficient (Wildman–Crippen LogP) is 4.89. The second-order valence-electron chi connectivity index (χ2n) is 5.68. The Labute approximate surface area is 155 Å². The summed E-state index contributed by atoms with van der Waals surface area (Å²) in [5.74, 6) is 0.669. The summed E-state index contributed by atoms with van der Waals surface area (Å²) in [4.78, 5) is 10.4. The highest BCUT2D eigenvalue weighted by atomic mass is 32.2. The molecule has 0 unspecified atom stereocenters. The number of aromatic nitrogens is 3. The quantitative estimate of drug-likeness (QED) is 0.257. The van der Waals surface area contributed by atoms with Crippen molar-refractivity contribution in [2.24, 2.45) is 0 Å². The number of nitro benzene ring substituents is 1. The van der Waals surface area contributed by atoms with E-state index >= 15 is 0 Å². The first-order valence-corrected chi connectivity index (χ1v) is 8.98. The fourth-order valence-corrected chi connectivity index (χ4v) is 3.55. The van der Waals surface area contributed by atoms with Crippen molar-refractivity contribution in [3.8, 4) is 11.4 Å². The number of nitrogens with zero attached hydrogens (tertiary/aromatic N) is 4. The zero-order valence-electron chi connectivity index (χ0n) is 14.3. The Morgan fingerprint density at radius 2 is 1.88 bits per heavy atom. The number of hydrogen-bond donors (Lipinski definition) is 0. The van der Waals surface area contributed by atoms with Crippen molar-refractivity contribution in [2.75, 3.05) is 0 Å². The van der Waals surface area contributed by atoms with E-state index in [-0.39, 0.29) is 10.9 Å². The van der Waals surface area contributed by atoms with Crippen LogP contribution in [0.3, 0.4) is 0 Å². The van der Waals surface area contributed by atoms with Gasteiger partial charge >= 0.3 is 0 Å². The van der Waals surface area contributed by atoms with E-state index < -0.39 is 4.92 Å². The average molecular weight is 366 g/mol. The molecule has 0 aliphatic heterocycles. The first-order chi connectivity index (χ1) is 12.6. The maximum absolute atomic E-state index is 10.8. The maximum atomic E-state index is 10.8. The number of allylic oxidation sites excluding steroid dienone is 1. The lowest BCUT2D eigenvalue weighted by Crippen LogP contribution is -2.01. The summed E-state index contributed by atoms with van der Waals surface area (Å²) < 4.78 is 1.97. The van der Waals surface area contributed by atoms with Gasteiger partial charge in [0.25, 0.3) is 5.69 Å². The van der Waals surface area contributed by atoms with Crippen molar-refractivity contribution in [3.63, 3.8) is 0 Å². The van der Waals surface area contributed by atoms with Crippen LogP contribution in [0.25, 0.3) is 11.4 Å². The van der Waals surface area contributed by atoms with Gasteiger partial charge in [-0.1, -0.05) is 48.2 Å². The van der Waals surface area contributed by atoms with Gasteiger partial charge in [-0.25, -0.2) is 0 Å². The second kappa shape index (κ2) is 7.97. The summed E-state index contributed by atoms with van der Waals surface area (Å²) in [5, 5.41) is 20.5. The summed E-state index contributed by atoms with van der Waals surface area (Å²) >= 11 is 1.62. The van der Waals surface area contributed by atoms with Crippen LogP contribution in [-0.2, 0) is 6.54 Å².